The molecule has 0 saturated carbocycles. The summed E-state index contributed by atoms with van der Waals surface area (Å²) in [5.41, 5.74) is 1.20. The van der Waals surface area contributed by atoms with Crippen LogP contribution in [-0.4, -0.2) is 16.0 Å². The van der Waals surface area contributed by atoms with E-state index in [4.69, 9.17) is 0 Å². The number of carbonyl (C=O) groups excluding carboxylic acids is 1. The highest BCUT2D eigenvalue weighted by Crippen LogP contribution is 2.16. The molecule has 2 heterocycles. The quantitative estimate of drug-likeness (QED) is 0.757. The summed E-state index contributed by atoms with van der Waals surface area (Å²) < 4.78 is 4.67. The van der Waals surface area contributed by atoms with Crippen molar-refractivity contribution < 1.29 is 9.32 Å². The summed E-state index contributed by atoms with van der Waals surface area (Å²) in [6.07, 6.45) is 4.70. The number of pyridine rings is 1. The van der Waals surface area contributed by atoms with Gasteiger partial charge in [0.2, 0.25) is 5.91 Å². The van der Waals surface area contributed by atoms with E-state index < -0.39 is 0 Å². The molecule has 0 fully saturated rings. The highest BCUT2D eigenvalue weighted by molar-refractivity contribution is 5.95. The van der Waals surface area contributed by atoms with E-state index in [1.54, 1.807) is 30.5 Å². The first-order valence-corrected chi connectivity index (χ1v) is 6.02. The molecule has 20 heavy (non-hydrogen) atoms. The molecule has 6 heteroatoms. The molecule has 0 spiro atoms. The summed E-state index contributed by atoms with van der Waals surface area (Å²) in [4.78, 5) is 26.0. The number of rotatable bonds is 3. The molecule has 0 saturated heterocycles. The van der Waals surface area contributed by atoms with Crippen LogP contribution in [0.5, 0.6) is 0 Å². The average Bonchev–Trinajstić information content (AvgIpc) is 2.91. The second-order valence-corrected chi connectivity index (χ2v) is 4.37. The molecular weight excluding hydrogens is 258 g/mol. The lowest BCUT2D eigenvalue weighted by Gasteiger charge is -2.05. The van der Waals surface area contributed by atoms with Crippen molar-refractivity contribution in [3.8, 4) is 0 Å². The van der Waals surface area contributed by atoms with Crippen LogP contribution in [0.15, 0.2) is 52.2 Å². The highest BCUT2D eigenvalue weighted by atomic mass is 16.5. The Balaban J connectivity index is 1.81. The summed E-state index contributed by atoms with van der Waals surface area (Å²) in [5, 5.41) is 7.67. The van der Waals surface area contributed by atoms with Crippen molar-refractivity contribution in [3.63, 3.8) is 0 Å². The minimum absolute atomic E-state index is 0.148. The van der Waals surface area contributed by atoms with Crippen LogP contribution in [0.1, 0.15) is 5.56 Å². The molecule has 0 aliphatic carbocycles. The van der Waals surface area contributed by atoms with Gasteiger partial charge in [0.15, 0.2) is 0 Å². The average molecular weight is 269 g/mol. The molecule has 0 bridgehead atoms. The smallest absolute Gasteiger partial charge is 0.255 e. The number of hydrogen-bond acceptors (Lipinski definition) is 4. The number of hydrogen-bond donors (Lipinski definition) is 2. The molecule has 0 aliphatic rings. The monoisotopic (exact) mass is 269 g/mol. The lowest BCUT2D eigenvalue weighted by atomic mass is 10.1. The third kappa shape index (κ3) is 2.44. The van der Waals surface area contributed by atoms with Gasteiger partial charge in [0.05, 0.1) is 12.6 Å². The fraction of sp³-hybridized carbons (Fsp3) is 0.0714. The van der Waals surface area contributed by atoms with Crippen LogP contribution in [0.4, 0.5) is 5.69 Å². The normalized spacial score (nSPS) is 10.6. The summed E-state index contributed by atoms with van der Waals surface area (Å²) in [6.45, 7) is 0. The zero-order valence-electron chi connectivity index (χ0n) is 10.4. The van der Waals surface area contributed by atoms with Gasteiger partial charge in [-0.25, -0.2) is 0 Å². The molecule has 0 unspecified atom stereocenters. The maximum Gasteiger partial charge on any atom is 0.255 e. The number of nitrogens with one attached hydrogen (secondary N) is 2. The number of H-pyrrole nitrogens is 1. The third-order valence-corrected chi connectivity index (χ3v) is 2.91. The minimum Gasteiger partial charge on any atom is -0.364 e. The van der Waals surface area contributed by atoms with E-state index in [1.165, 1.54) is 12.5 Å². The second kappa shape index (κ2) is 5.00. The predicted octanol–water partition coefficient (Wildman–Crippen LogP) is 1.70. The number of fused-ring (bicyclic) bond motifs is 1. The van der Waals surface area contributed by atoms with E-state index in [1.807, 2.05) is 0 Å². The van der Waals surface area contributed by atoms with Crippen molar-refractivity contribution in [1.82, 2.24) is 10.1 Å². The van der Waals surface area contributed by atoms with Crippen molar-refractivity contribution in [2.75, 3.05) is 5.32 Å². The molecule has 1 amide bonds. The van der Waals surface area contributed by atoms with Gasteiger partial charge in [0.1, 0.15) is 6.26 Å². The molecule has 2 aromatic heterocycles. The zero-order valence-corrected chi connectivity index (χ0v) is 10.4. The Morgan fingerprint density at radius 1 is 1.35 bits per heavy atom. The molecule has 0 aliphatic heterocycles. The Labute approximate surface area is 113 Å². The van der Waals surface area contributed by atoms with Gasteiger partial charge >= 0.3 is 0 Å². The van der Waals surface area contributed by atoms with Gasteiger partial charge in [-0.05, 0) is 29.7 Å². The van der Waals surface area contributed by atoms with Gasteiger partial charge in [0, 0.05) is 22.8 Å². The van der Waals surface area contributed by atoms with Crippen LogP contribution in [0.3, 0.4) is 0 Å². The zero-order chi connectivity index (χ0) is 13.9. The molecular formula is C14H11N3O3. The molecule has 100 valence electrons. The largest absolute Gasteiger partial charge is 0.364 e. The van der Waals surface area contributed by atoms with Crippen molar-refractivity contribution in [1.29, 1.82) is 0 Å². The fourth-order valence-electron chi connectivity index (χ4n) is 1.97. The molecule has 1 aromatic carbocycles. The van der Waals surface area contributed by atoms with Gasteiger partial charge in [-0.1, -0.05) is 5.16 Å². The summed E-state index contributed by atoms with van der Waals surface area (Å²) in [5.74, 6) is -0.169. The van der Waals surface area contributed by atoms with E-state index in [9.17, 15) is 9.59 Å². The van der Waals surface area contributed by atoms with E-state index in [0.29, 0.717) is 16.6 Å². The maximum atomic E-state index is 11.8. The Morgan fingerprint density at radius 3 is 3.05 bits per heavy atom. The SMILES string of the molecule is O=C(Cc1cnoc1)Nc1ccc2c(=O)[nH]ccc2c1. The van der Waals surface area contributed by atoms with Gasteiger partial charge in [-0.15, -0.1) is 0 Å². The Morgan fingerprint density at radius 2 is 2.25 bits per heavy atom. The van der Waals surface area contributed by atoms with Crippen LogP contribution in [0, 0.1) is 0 Å². The fourth-order valence-corrected chi connectivity index (χ4v) is 1.97. The lowest BCUT2D eigenvalue weighted by molar-refractivity contribution is -0.115. The van der Waals surface area contributed by atoms with Gasteiger partial charge in [-0.2, -0.15) is 0 Å². The number of carbonyl (C=O) groups is 1. The van der Waals surface area contributed by atoms with E-state index in [-0.39, 0.29) is 17.9 Å². The number of aromatic nitrogens is 2. The number of aromatic amines is 1. The van der Waals surface area contributed by atoms with Crippen LogP contribution < -0.4 is 10.9 Å². The standard InChI is InChI=1S/C14H11N3O3/c18-13(5-9-7-16-20-8-9)17-11-1-2-12-10(6-11)3-4-15-14(12)19/h1-4,6-8H,5H2,(H,15,19)(H,17,18). The van der Waals surface area contributed by atoms with Crippen LogP contribution in [0.25, 0.3) is 10.8 Å². The van der Waals surface area contributed by atoms with E-state index >= 15 is 0 Å². The molecule has 3 rings (SSSR count). The Bertz CT molecular complexity index is 806. The van der Waals surface area contributed by atoms with Crippen LogP contribution in [-0.2, 0) is 11.2 Å². The first-order chi connectivity index (χ1) is 9.72. The Kier molecular flexibility index (Phi) is 3.04. The van der Waals surface area contributed by atoms with Gasteiger partial charge in [-0.3, -0.25) is 9.59 Å². The van der Waals surface area contributed by atoms with Gasteiger partial charge in [0.25, 0.3) is 5.56 Å². The first kappa shape index (κ1) is 12.2. The van der Waals surface area contributed by atoms with Crippen molar-refractivity contribution in [2.45, 2.75) is 6.42 Å². The predicted molar refractivity (Wildman–Crippen MR) is 73.4 cm³/mol. The van der Waals surface area contributed by atoms with Crippen molar-refractivity contribution in [3.05, 3.63) is 58.8 Å². The summed E-state index contributed by atoms with van der Waals surface area (Å²) in [7, 11) is 0. The Hall–Kier alpha value is -2.89. The van der Waals surface area contributed by atoms with Gasteiger partial charge < -0.3 is 14.8 Å². The maximum absolute atomic E-state index is 11.8. The van der Waals surface area contributed by atoms with Crippen molar-refractivity contribution in [2.24, 2.45) is 0 Å². The first-order valence-electron chi connectivity index (χ1n) is 6.02. The summed E-state index contributed by atoms with van der Waals surface area (Å²) >= 11 is 0. The molecule has 0 atom stereocenters. The highest BCUT2D eigenvalue weighted by Gasteiger charge is 2.06. The second-order valence-electron chi connectivity index (χ2n) is 4.37. The molecule has 0 radical (unpaired) electrons. The number of anilines is 1. The minimum atomic E-state index is -0.169. The lowest BCUT2D eigenvalue weighted by Crippen LogP contribution is -2.14. The summed E-state index contributed by atoms with van der Waals surface area (Å²) in [6, 6.07) is 6.93. The van der Waals surface area contributed by atoms with E-state index in [0.717, 1.165) is 5.39 Å². The number of benzene rings is 1. The number of amides is 1. The van der Waals surface area contributed by atoms with Crippen molar-refractivity contribution >= 4 is 22.4 Å². The molecule has 6 nitrogen and oxygen atoms in total. The van der Waals surface area contributed by atoms with Crippen LogP contribution in [0.2, 0.25) is 0 Å². The van der Waals surface area contributed by atoms with E-state index in [2.05, 4.69) is 20.0 Å². The molecule has 2 N–H and O–H groups in total. The van der Waals surface area contributed by atoms with Crippen LogP contribution >= 0.6 is 0 Å². The molecule has 3 aromatic rings. The third-order valence-electron chi connectivity index (χ3n) is 2.91. The topological polar surface area (TPSA) is 88.0 Å². The number of nitrogens with zero attached hydrogens (tertiary/aromatic N) is 1.